The Kier molecular flexibility index (Phi) is 4.00. The van der Waals surface area contributed by atoms with Crippen LogP contribution in [0.3, 0.4) is 0 Å². The predicted molar refractivity (Wildman–Crippen MR) is 90.0 cm³/mol. The van der Waals surface area contributed by atoms with Crippen LogP contribution in [-0.4, -0.2) is 31.9 Å². The van der Waals surface area contributed by atoms with Gasteiger partial charge in [0.05, 0.1) is 28.5 Å². The highest BCUT2D eigenvalue weighted by Gasteiger charge is 2.16. The first-order valence-electron chi connectivity index (χ1n) is 7.28. The molecule has 6 heteroatoms. The molecular weight excluding hydrogens is 314 g/mol. The number of aromatic nitrogens is 3. The van der Waals surface area contributed by atoms with E-state index in [9.17, 15) is 5.11 Å². The fourth-order valence-corrected chi connectivity index (χ4v) is 2.48. The molecule has 120 valence electrons. The maximum absolute atomic E-state index is 9.83. The lowest BCUT2D eigenvalue weighted by Gasteiger charge is -2.18. The second-order valence-electron chi connectivity index (χ2n) is 6.16. The molecule has 3 aromatic rings. The van der Waals surface area contributed by atoms with Gasteiger partial charge in [-0.25, -0.2) is 4.52 Å². The third kappa shape index (κ3) is 3.46. The molecule has 0 saturated heterocycles. The van der Waals surface area contributed by atoms with Crippen molar-refractivity contribution in [1.29, 1.82) is 0 Å². The van der Waals surface area contributed by atoms with Crippen LogP contribution in [0.2, 0.25) is 5.02 Å². The van der Waals surface area contributed by atoms with Crippen LogP contribution in [0.15, 0.2) is 36.8 Å². The van der Waals surface area contributed by atoms with Crippen LogP contribution in [0.4, 0.5) is 0 Å². The van der Waals surface area contributed by atoms with E-state index in [1.165, 1.54) is 0 Å². The first-order valence-corrected chi connectivity index (χ1v) is 7.66. The topological polar surface area (TPSA) is 59.7 Å². The van der Waals surface area contributed by atoms with Crippen molar-refractivity contribution < 1.29 is 9.84 Å². The number of aliphatic hydroxyl groups is 1. The van der Waals surface area contributed by atoms with Gasteiger partial charge in [0.1, 0.15) is 12.4 Å². The van der Waals surface area contributed by atoms with Gasteiger partial charge in [0.25, 0.3) is 0 Å². The molecule has 0 fully saturated rings. The summed E-state index contributed by atoms with van der Waals surface area (Å²) >= 11 is 6.28. The first-order chi connectivity index (χ1) is 10.8. The summed E-state index contributed by atoms with van der Waals surface area (Å²) in [5.41, 5.74) is 2.64. The standard InChI is InChI=1S/C17H18ClN3O2/c1-11-4-5-12(7-19-11)14-6-13(23-10-17(2,3)22)9-21-16(14)15(18)8-20-21/h4-9,22H,10H2,1-3H3. The van der Waals surface area contributed by atoms with E-state index in [1.807, 2.05) is 25.1 Å². The molecule has 0 aromatic carbocycles. The SMILES string of the molecule is Cc1ccc(-c2cc(OCC(C)(C)O)cn3ncc(Cl)c23)cn1. The molecule has 0 atom stereocenters. The zero-order valence-corrected chi connectivity index (χ0v) is 14.0. The molecule has 0 aliphatic rings. The summed E-state index contributed by atoms with van der Waals surface area (Å²) in [5.74, 6) is 0.606. The minimum Gasteiger partial charge on any atom is -0.489 e. The molecule has 0 bridgehead atoms. The number of pyridine rings is 2. The number of hydrogen-bond acceptors (Lipinski definition) is 4. The Bertz CT molecular complexity index is 835. The molecule has 0 radical (unpaired) electrons. The third-order valence-electron chi connectivity index (χ3n) is 3.36. The van der Waals surface area contributed by atoms with Gasteiger partial charge in [-0.2, -0.15) is 5.10 Å². The van der Waals surface area contributed by atoms with Crippen molar-refractivity contribution in [1.82, 2.24) is 14.6 Å². The average Bonchev–Trinajstić information content (AvgIpc) is 2.86. The molecule has 0 amide bonds. The van der Waals surface area contributed by atoms with E-state index in [0.717, 1.165) is 22.3 Å². The lowest BCUT2D eigenvalue weighted by molar-refractivity contribution is 0.0283. The predicted octanol–water partition coefficient (Wildman–Crippen LogP) is 3.51. The van der Waals surface area contributed by atoms with Gasteiger partial charge >= 0.3 is 0 Å². The second kappa shape index (κ2) is 5.83. The fourth-order valence-electron chi connectivity index (χ4n) is 2.25. The van der Waals surface area contributed by atoms with Crippen molar-refractivity contribution in [3.05, 3.63) is 47.5 Å². The Morgan fingerprint density at radius 3 is 2.74 bits per heavy atom. The Morgan fingerprint density at radius 2 is 2.09 bits per heavy atom. The number of rotatable bonds is 4. The van der Waals surface area contributed by atoms with E-state index in [1.54, 1.807) is 37.0 Å². The molecule has 3 heterocycles. The van der Waals surface area contributed by atoms with Crippen molar-refractivity contribution in [3.8, 4) is 16.9 Å². The number of halogens is 1. The van der Waals surface area contributed by atoms with Gasteiger partial charge in [0, 0.05) is 23.0 Å². The van der Waals surface area contributed by atoms with E-state index < -0.39 is 5.60 Å². The molecule has 0 aliphatic carbocycles. The zero-order valence-electron chi connectivity index (χ0n) is 13.2. The lowest BCUT2D eigenvalue weighted by Crippen LogP contribution is -2.27. The van der Waals surface area contributed by atoms with Crippen LogP contribution >= 0.6 is 11.6 Å². The van der Waals surface area contributed by atoms with Gasteiger partial charge in [-0.3, -0.25) is 4.98 Å². The Balaban J connectivity index is 2.10. The number of fused-ring (bicyclic) bond motifs is 1. The zero-order chi connectivity index (χ0) is 16.6. The minimum absolute atomic E-state index is 0.180. The molecule has 0 saturated carbocycles. The normalized spacial score (nSPS) is 11.9. The largest absolute Gasteiger partial charge is 0.489 e. The Labute approximate surface area is 139 Å². The fraction of sp³-hybridized carbons (Fsp3) is 0.294. The molecule has 0 spiro atoms. The second-order valence-corrected chi connectivity index (χ2v) is 6.57. The highest BCUT2D eigenvalue weighted by molar-refractivity contribution is 6.34. The smallest absolute Gasteiger partial charge is 0.138 e. The van der Waals surface area contributed by atoms with Gasteiger partial charge < -0.3 is 9.84 Å². The lowest BCUT2D eigenvalue weighted by atomic mass is 10.1. The van der Waals surface area contributed by atoms with Crippen LogP contribution in [0.5, 0.6) is 5.75 Å². The minimum atomic E-state index is -0.914. The van der Waals surface area contributed by atoms with Crippen molar-refractivity contribution in [2.75, 3.05) is 6.61 Å². The highest BCUT2D eigenvalue weighted by atomic mass is 35.5. The number of ether oxygens (including phenoxy) is 1. The molecule has 0 aliphatic heterocycles. The molecule has 5 nitrogen and oxygen atoms in total. The van der Waals surface area contributed by atoms with Crippen LogP contribution in [-0.2, 0) is 0 Å². The Hall–Kier alpha value is -2.11. The first kappa shape index (κ1) is 15.8. The summed E-state index contributed by atoms with van der Waals surface area (Å²) in [6, 6.07) is 5.82. The van der Waals surface area contributed by atoms with Crippen LogP contribution in [0, 0.1) is 6.92 Å². The number of nitrogens with zero attached hydrogens (tertiary/aromatic N) is 3. The summed E-state index contributed by atoms with van der Waals surface area (Å²) in [6.07, 6.45) is 5.15. The van der Waals surface area contributed by atoms with Crippen LogP contribution in [0.1, 0.15) is 19.5 Å². The van der Waals surface area contributed by atoms with E-state index in [4.69, 9.17) is 16.3 Å². The summed E-state index contributed by atoms with van der Waals surface area (Å²) in [4.78, 5) is 4.34. The number of aryl methyl sites for hydroxylation is 1. The van der Waals surface area contributed by atoms with Crippen molar-refractivity contribution in [3.63, 3.8) is 0 Å². The van der Waals surface area contributed by atoms with Gasteiger partial charge in [-0.15, -0.1) is 0 Å². The van der Waals surface area contributed by atoms with Crippen LogP contribution in [0.25, 0.3) is 16.6 Å². The summed E-state index contributed by atoms with van der Waals surface area (Å²) < 4.78 is 7.38. The van der Waals surface area contributed by atoms with Gasteiger partial charge in [-0.05, 0) is 32.9 Å². The van der Waals surface area contributed by atoms with E-state index in [0.29, 0.717) is 10.8 Å². The molecule has 0 unspecified atom stereocenters. The molecule has 1 N–H and O–H groups in total. The van der Waals surface area contributed by atoms with Crippen LogP contribution < -0.4 is 4.74 Å². The van der Waals surface area contributed by atoms with Crippen molar-refractivity contribution in [2.24, 2.45) is 0 Å². The molecule has 3 aromatic heterocycles. The Morgan fingerprint density at radius 1 is 1.30 bits per heavy atom. The van der Waals surface area contributed by atoms with E-state index in [2.05, 4.69) is 10.1 Å². The van der Waals surface area contributed by atoms with Crippen molar-refractivity contribution >= 4 is 17.1 Å². The monoisotopic (exact) mass is 331 g/mol. The highest BCUT2D eigenvalue weighted by Crippen LogP contribution is 2.32. The van der Waals surface area contributed by atoms with Crippen molar-refractivity contribution in [2.45, 2.75) is 26.4 Å². The van der Waals surface area contributed by atoms with Gasteiger partial charge in [0.2, 0.25) is 0 Å². The summed E-state index contributed by atoms with van der Waals surface area (Å²) in [5, 5.41) is 14.6. The number of hydrogen-bond donors (Lipinski definition) is 1. The van der Waals surface area contributed by atoms with E-state index in [-0.39, 0.29) is 6.61 Å². The summed E-state index contributed by atoms with van der Waals surface area (Å²) in [7, 11) is 0. The maximum Gasteiger partial charge on any atom is 0.138 e. The summed E-state index contributed by atoms with van der Waals surface area (Å²) in [6.45, 7) is 5.51. The molecule has 23 heavy (non-hydrogen) atoms. The average molecular weight is 332 g/mol. The van der Waals surface area contributed by atoms with Gasteiger partial charge in [-0.1, -0.05) is 17.7 Å². The molecular formula is C17H18ClN3O2. The van der Waals surface area contributed by atoms with Gasteiger partial charge in [0.15, 0.2) is 0 Å². The third-order valence-corrected chi connectivity index (χ3v) is 3.63. The molecule has 3 rings (SSSR count). The maximum atomic E-state index is 9.83. The van der Waals surface area contributed by atoms with E-state index >= 15 is 0 Å². The quantitative estimate of drug-likeness (QED) is 0.794.